The maximum Gasteiger partial charge on any atom is 0.338 e. The molecule has 31 heavy (non-hydrogen) atoms. The molecule has 0 saturated heterocycles. The van der Waals surface area contributed by atoms with Gasteiger partial charge in [0.15, 0.2) is 9.84 Å². The van der Waals surface area contributed by atoms with E-state index < -0.39 is 33.2 Å². The van der Waals surface area contributed by atoms with Crippen LogP contribution in [0.5, 0.6) is 0 Å². The minimum absolute atomic E-state index is 0.0359. The van der Waals surface area contributed by atoms with Crippen molar-refractivity contribution in [3.8, 4) is 5.69 Å². The molecule has 0 fully saturated rings. The van der Waals surface area contributed by atoms with Gasteiger partial charge in [0.2, 0.25) is 0 Å². The van der Waals surface area contributed by atoms with Crippen LogP contribution in [-0.4, -0.2) is 57.7 Å². The highest BCUT2D eigenvalue weighted by molar-refractivity contribution is 7.90. The molecule has 1 unspecified atom stereocenters. The number of allylic oxidation sites excluding steroid dienone is 2. The molecule has 1 heterocycles. The number of carbonyl (C=O) groups is 3. The van der Waals surface area contributed by atoms with Gasteiger partial charge in [-0.25, -0.2) is 22.7 Å². The third-order valence-electron chi connectivity index (χ3n) is 4.44. The number of sulfone groups is 1. The Morgan fingerprint density at radius 2 is 1.68 bits per heavy atom. The summed E-state index contributed by atoms with van der Waals surface area (Å²) >= 11 is 0. The molecule has 1 atom stereocenters. The molecule has 164 valence electrons. The molecule has 10 nitrogen and oxygen atoms in total. The Hall–Kier alpha value is -3.73. The normalized spacial score (nSPS) is 17.8. The van der Waals surface area contributed by atoms with Crippen LogP contribution < -0.4 is 0 Å². The zero-order chi connectivity index (χ0) is 23.4. The van der Waals surface area contributed by atoms with Crippen LogP contribution in [0.25, 0.3) is 5.69 Å². The van der Waals surface area contributed by atoms with Gasteiger partial charge in [0, 0.05) is 18.0 Å². The number of aromatic carboxylic acids is 1. The van der Waals surface area contributed by atoms with Crippen molar-refractivity contribution in [2.45, 2.75) is 18.2 Å². The maximum absolute atomic E-state index is 11.3. The van der Waals surface area contributed by atoms with Crippen LogP contribution in [0.4, 0.5) is 0 Å². The molecule has 1 aliphatic rings. The third-order valence-corrected chi connectivity index (χ3v) is 5.57. The quantitative estimate of drug-likeness (QED) is 0.620. The van der Waals surface area contributed by atoms with Crippen molar-refractivity contribution in [1.82, 2.24) is 9.78 Å². The lowest BCUT2D eigenvalue weighted by Crippen LogP contribution is -2.28. The predicted octanol–water partition coefficient (Wildman–Crippen LogP) is 2.02. The molecule has 0 amide bonds. The molecule has 0 radical (unpaired) electrons. The number of benzene rings is 1. The number of aromatic nitrogens is 2. The molecular weight excluding hydrogens is 428 g/mol. The molecule has 0 saturated carbocycles. The number of nitrogens with zero attached hydrogens (tertiary/aromatic N) is 2. The fourth-order valence-electron chi connectivity index (χ4n) is 2.60. The number of aliphatic carboxylic acids is 2. The van der Waals surface area contributed by atoms with Gasteiger partial charge in [-0.15, -0.1) is 0 Å². The molecule has 1 aliphatic carbocycles. The molecule has 1 aromatic carbocycles. The molecule has 3 N–H and O–H groups in total. The average Bonchev–Trinajstić information content (AvgIpc) is 3.18. The van der Waals surface area contributed by atoms with Crippen LogP contribution in [0.15, 0.2) is 65.4 Å². The van der Waals surface area contributed by atoms with Gasteiger partial charge in [0.05, 0.1) is 27.8 Å². The van der Waals surface area contributed by atoms with Gasteiger partial charge in [-0.2, -0.15) is 5.10 Å². The SMILES string of the molecule is CC1(C(=O)O)C=CC=C(C(=O)O)C1.CS(=O)(=O)c1ccc(-n2cc(C(=O)O)cn2)cc1. The highest BCUT2D eigenvalue weighted by Crippen LogP contribution is 2.31. The average molecular weight is 448 g/mol. The first-order valence-electron chi connectivity index (χ1n) is 8.77. The minimum atomic E-state index is -3.23. The highest BCUT2D eigenvalue weighted by atomic mass is 32.2. The Bertz CT molecular complexity index is 1180. The number of hydrogen-bond acceptors (Lipinski definition) is 6. The topological polar surface area (TPSA) is 164 Å². The Kier molecular flexibility index (Phi) is 6.81. The van der Waals surface area contributed by atoms with Gasteiger partial charge in [-0.1, -0.05) is 18.2 Å². The second kappa shape index (κ2) is 8.96. The van der Waals surface area contributed by atoms with Crippen molar-refractivity contribution >= 4 is 27.7 Å². The summed E-state index contributed by atoms with van der Waals surface area (Å²) in [6.07, 6.45) is 8.15. The second-order valence-electron chi connectivity index (χ2n) is 7.00. The predicted molar refractivity (Wildman–Crippen MR) is 109 cm³/mol. The van der Waals surface area contributed by atoms with E-state index in [4.69, 9.17) is 15.3 Å². The minimum Gasteiger partial charge on any atom is -0.481 e. The lowest BCUT2D eigenvalue weighted by Gasteiger charge is -2.23. The molecule has 2 aromatic rings. The first-order valence-corrected chi connectivity index (χ1v) is 10.7. The van der Waals surface area contributed by atoms with E-state index in [0.29, 0.717) is 5.69 Å². The molecule has 0 bridgehead atoms. The van der Waals surface area contributed by atoms with Crippen molar-refractivity contribution in [3.05, 3.63) is 66.0 Å². The van der Waals surface area contributed by atoms with Crippen LogP contribution in [0.1, 0.15) is 23.7 Å². The van der Waals surface area contributed by atoms with Gasteiger partial charge < -0.3 is 15.3 Å². The van der Waals surface area contributed by atoms with E-state index in [1.165, 1.54) is 54.4 Å². The Morgan fingerprint density at radius 1 is 1.06 bits per heavy atom. The first-order chi connectivity index (χ1) is 14.3. The zero-order valence-electron chi connectivity index (χ0n) is 16.6. The van der Waals surface area contributed by atoms with E-state index in [1.54, 1.807) is 12.1 Å². The molecule has 1 aromatic heterocycles. The number of rotatable bonds is 5. The summed E-state index contributed by atoms with van der Waals surface area (Å²) < 4.78 is 23.9. The summed E-state index contributed by atoms with van der Waals surface area (Å²) in [5, 5.41) is 30.1. The first kappa shape index (κ1) is 23.5. The molecule has 3 rings (SSSR count). The van der Waals surface area contributed by atoms with Crippen molar-refractivity contribution < 1.29 is 38.1 Å². The molecule has 0 spiro atoms. The largest absolute Gasteiger partial charge is 0.481 e. The molecule has 0 aliphatic heterocycles. The fourth-order valence-corrected chi connectivity index (χ4v) is 3.23. The van der Waals surface area contributed by atoms with Crippen LogP contribution in [0.3, 0.4) is 0 Å². The smallest absolute Gasteiger partial charge is 0.338 e. The van der Waals surface area contributed by atoms with E-state index in [-0.39, 0.29) is 22.5 Å². The highest BCUT2D eigenvalue weighted by Gasteiger charge is 2.34. The van der Waals surface area contributed by atoms with Crippen molar-refractivity contribution in [2.75, 3.05) is 6.26 Å². The van der Waals surface area contributed by atoms with Gasteiger partial charge in [-0.3, -0.25) is 4.79 Å². The molecular formula is C20H20N2O8S. The van der Waals surface area contributed by atoms with Gasteiger partial charge >= 0.3 is 17.9 Å². The van der Waals surface area contributed by atoms with Crippen LogP contribution in [0, 0.1) is 5.41 Å². The summed E-state index contributed by atoms with van der Waals surface area (Å²) in [6, 6.07) is 6.03. The van der Waals surface area contributed by atoms with Gasteiger partial charge in [-0.05, 0) is 37.6 Å². The Balaban J connectivity index is 0.000000233. The third kappa shape index (κ3) is 5.89. The second-order valence-corrected chi connectivity index (χ2v) is 9.02. The summed E-state index contributed by atoms with van der Waals surface area (Å²) in [7, 11) is -3.23. The van der Waals surface area contributed by atoms with E-state index in [0.717, 1.165) is 6.26 Å². The number of hydrogen-bond donors (Lipinski definition) is 3. The van der Waals surface area contributed by atoms with Crippen LogP contribution >= 0.6 is 0 Å². The fraction of sp³-hybridized carbons (Fsp3) is 0.200. The van der Waals surface area contributed by atoms with E-state index in [9.17, 15) is 22.8 Å². The van der Waals surface area contributed by atoms with Gasteiger partial charge in [0.1, 0.15) is 0 Å². The monoisotopic (exact) mass is 448 g/mol. The summed E-state index contributed by atoms with van der Waals surface area (Å²) in [6.45, 7) is 1.50. The maximum atomic E-state index is 11.3. The van der Waals surface area contributed by atoms with Crippen molar-refractivity contribution in [2.24, 2.45) is 5.41 Å². The van der Waals surface area contributed by atoms with E-state index >= 15 is 0 Å². The van der Waals surface area contributed by atoms with Crippen LogP contribution in [0.2, 0.25) is 0 Å². The van der Waals surface area contributed by atoms with Crippen molar-refractivity contribution in [1.29, 1.82) is 0 Å². The summed E-state index contributed by atoms with van der Waals surface area (Å²) in [4.78, 5) is 32.2. The number of carboxylic acids is 3. The summed E-state index contributed by atoms with van der Waals surface area (Å²) in [5.41, 5.74) is -0.285. The lowest BCUT2D eigenvalue weighted by molar-refractivity contribution is -0.145. The van der Waals surface area contributed by atoms with E-state index in [1.807, 2.05) is 0 Å². The van der Waals surface area contributed by atoms with Crippen molar-refractivity contribution in [3.63, 3.8) is 0 Å². The standard InChI is InChI=1S/C11H10N2O4S.C9H10O4/c1-18(16,17)10-4-2-9(3-5-10)13-7-8(6-12-13)11(14)15;1-9(8(12)13)4-2-3-6(5-9)7(10)11/h2-7H,1H3,(H,14,15);2-4H,5H2,1H3,(H,10,11)(H,12,13). The van der Waals surface area contributed by atoms with E-state index in [2.05, 4.69) is 5.10 Å². The Labute approximate surface area is 177 Å². The lowest BCUT2D eigenvalue weighted by atomic mass is 9.80. The van der Waals surface area contributed by atoms with Crippen LogP contribution in [-0.2, 0) is 19.4 Å². The Morgan fingerprint density at radius 3 is 2.13 bits per heavy atom. The number of carboxylic acid groups (broad SMARTS) is 3. The van der Waals surface area contributed by atoms with Gasteiger partial charge in [0.25, 0.3) is 0 Å². The zero-order valence-corrected chi connectivity index (χ0v) is 17.4. The molecule has 11 heteroatoms. The summed E-state index contributed by atoms with van der Waals surface area (Å²) in [5.74, 6) is -3.12.